The van der Waals surface area contributed by atoms with Gasteiger partial charge in [-0.2, -0.15) is 0 Å². The number of hydrogen-bond acceptors (Lipinski definition) is 7. The molecule has 2 aromatic rings. The molecular weight excluding hydrogens is 316 g/mol. The van der Waals surface area contributed by atoms with E-state index in [1.807, 2.05) is 19.1 Å². The first-order valence-electron chi connectivity index (χ1n) is 7.24. The first kappa shape index (κ1) is 16.2. The zero-order valence-electron chi connectivity index (χ0n) is 12.5. The van der Waals surface area contributed by atoms with Crippen molar-refractivity contribution in [1.29, 1.82) is 0 Å². The van der Waals surface area contributed by atoms with Crippen molar-refractivity contribution in [1.82, 2.24) is 9.97 Å². The lowest BCUT2D eigenvalue weighted by atomic mass is 10.1. The van der Waals surface area contributed by atoms with Gasteiger partial charge < -0.3 is 20.1 Å². The van der Waals surface area contributed by atoms with E-state index in [0.717, 1.165) is 16.7 Å². The molecular formula is C16H18N2O4S. The molecule has 3 rings (SSSR count). The van der Waals surface area contributed by atoms with Gasteiger partial charge in [0.05, 0.1) is 12.3 Å². The third-order valence-electron chi connectivity index (χ3n) is 3.63. The summed E-state index contributed by atoms with van der Waals surface area (Å²) in [5, 5.41) is 29.3. The Morgan fingerprint density at radius 3 is 2.43 bits per heavy atom. The number of aromatic nitrogens is 2. The van der Waals surface area contributed by atoms with E-state index in [0.29, 0.717) is 11.5 Å². The molecule has 0 saturated carbocycles. The summed E-state index contributed by atoms with van der Waals surface area (Å²) in [5.41, 5.74) is 2.18. The molecule has 3 heterocycles. The molecule has 6 nitrogen and oxygen atoms in total. The average molecular weight is 334 g/mol. The minimum atomic E-state index is -1.21. The second-order valence-electron chi connectivity index (χ2n) is 5.53. The van der Waals surface area contributed by atoms with Crippen LogP contribution in [0, 0.1) is 6.92 Å². The highest BCUT2D eigenvalue weighted by molar-refractivity contribution is 7.99. The molecule has 1 saturated heterocycles. The molecule has 0 aromatic carbocycles. The second kappa shape index (κ2) is 6.84. The highest BCUT2D eigenvalue weighted by Crippen LogP contribution is 2.30. The molecule has 0 bridgehead atoms. The Bertz CT molecular complexity index is 685. The third-order valence-corrected chi connectivity index (χ3v) is 4.87. The smallest absolute Gasteiger partial charge is 0.173 e. The maximum Gasteiger partial charge on any atom is 0.173 e. The van der Waals surface area contributed by atoms with E-state index >= 15 is 0 Å². The van der Waals surface area contributed by atoms with Gasteiger partial charge in [0.15, 0.2) is 5.44 Å². The summed E-state index contributed by atoms with van der Waals surface area (Å²) >= 11 is 1.26. The Labute approximate surface area is 138 Å². The van der Waals surface area contributed by atoms with E-state index in [1.165, 1.54) is 11.8 Å². The first-order valence-corrected chi connectivity index (χ1v) is 8.29. The fraction of sp³-hybridized carbons (Fsp3) is 0.375. The number of aryl methyl sites for hydroxylation is 1. The van der Waals surface area contributed by atoms with Crippen LogP contribution in [0.15, 0.2) is 36.9 Å². The number of aliphatic hydroxyl groups excluding tert-OH is 3. The van der Waals surface area contributed by atoms with Crippen molar-refractivity contribution < 1.29 is 20.1 Å². The molecule has 4 atom stereocenters. The van der Waals surface area contributed by atoms with Crippen molar-refractivity contribution in [3.05, 3.63) is 42.5 Å². The summed E-state index contributed by atoms with van der Waals surface area (Å²) < 4.78 is 5.74. The molecule has 0 aliphatic carbocycles. The molecule has 2 aromatic heterocycles. The highest BCUT2D eigenvalue weighted by Gasteiger charge is 2.38. The van der Waals surface area contributed by atoms with Crippen LogP contribution in [-0.4, -0.2) is 54.8 Å². The van der Waals surface area contributed by atoms with Crippen molar-refractivity contribution in [2.75, 3.05) is 5.75 Å². The van der Waals surface area contributed by atoms with Crippen LogP contribution < -0.4 is 4.74 Å². The number of ether oxygens (including phenoxy) is 1. The van der Waals surface area contributed by atoms with Crippen molar-refractivity contribution >= 4 is 11.8 Å². The molecule has 1 aliphatic rings. The first-order chi connectivity index (χ1) is 11.0. The summed E-state index contributed by atoms with van der Waals surface area (Å²) in [4.78, 5) is 8.32. The van der Waals surface area contributed by atoms with Crippen LogP contribution in [0.25, 0.3) is 11.1 Å². The van der Waals surface area contributed by atoms with Crippen LogP contribution in [0.4, 0.5) is 0 Å². The maximum atomic E-state index is 10.0. The quantitative estimate of drug-likeness (QED) is 0.770. The Balaban J connectivity index is 1.78. The zero-order chi connectivity index (χ0) is 16.4. The normalized spacial score (nSPS) is 27.7. The van der Waals surface area contributed by atoms with Crippen LogP contribution >= 0.6 is 11.8 Å². The lowest BCUT2D eigenvalue weighted by Crippen LogP contribution is -2.50. The number of pyridine rings is 2. The van der Waals surface area contributed by atoms with Gasteiger partial charge in [-0.25, -0.2) is 0 Å². The standard InChI is InChI=1S/C16H18N2O4S/c1-9-2-10(5-17-4-9)11-3-12(7-18-6-11)22-16-15(21)14(20)13(19)8-23-16/h2-7,13-16,19-21H,8H2,1H3/t13-,14+,15-,16+/m1/s1. The highest BCUT2D eigenvalue weighted by atomic mass is 32.2. The van der Waals surface area contributed by atoms with Crippen molar-refractivity contribution in [2.24, 2.45) is 0 Å². The fourth-order valence-corrected chi connectivity index (χ4v) is 3.49. The van der Waals surface area contributed by atoms with Crippen LogP contribution in [0.5, 0.6) is 5.75 Å². The molecule has 7 heteroatoms. The summed E-state index contributed by atoms with van der Waals surface area (Å²) in [6, 6.07) is 3.81. The van der Waals surface area contributed by atoms with Crippen LogP contribution in [0.2, 0.25) is 0 Å². The maximum absolute atomic E-state index is 10.0. The van der Waals surface area contributed by atoms with Gasteiger partial charge in [0.2, 0.25) is 0 Å². The lowest BCUT2D eigenvalue weighted by Gasteiger charge is -2.34. The monoisotopic (exact) mass is 334 g/mol. The summed E-state index contributed by atoms with van der Waals surface area (Å²) in [6.45, 7) is 1.96. The van der Waals surface area contributed by atoms with Gasteiger partial charge in [0, 0.05) is 35.5 Å². The van der Waals surface area contributed by atoms with Gasteiger partial charge in [0.1, 0.15) is 18.0 Å². The average Bonchev–Trinajstić information content (AvgIpc) is 2.56. The van der Waals surface area contributed by atoms with Crippen molar-refractivity contribution in [3.8, 4) is 16.9 Å². The zero-order valence-corrected chi connectivity index (χ0v) is 13.3. The predicted octanol–water partition coefficient (Wildman–Crippen LogP) is 0.986. The van der Waals surface area contributed by atoms with Gasteiger partial charge in [0.25, 0.3) is 0 Å². The molecule has 0 unspecified atom stereocenters. The Morgan fingerprint density at radius 1 is 1.00 bits per heavy atom. The van der Waals surface area contributed by atoms with E-state index in [9.17, 15) is 15.3 Å². The van der Waals surface area contributed by atoms with E-state index in [4.69, 9.17) is 4.74 Å². The van der Waals surface area contributed by atoms with E-state index < -0.39 is 23.7 Å². The third kappa shape index (κ3) is 3.64. The van der Waals surface area contributed by atoms with Crippen LogP contribution in [0.3, 0.4) is 0 Å². The number of nitrogens with zero attached hydrogens (tertiary/aromatic N) is 2. The number of hydrogen-bond donors (Lipinski definition) is 3. The van der Waals surface area contributed by atoms with Gasteiger partial charge in [-0.05, 0) is 24.6 Å². The predicted molar refractivity (Wildman–Crippen MR) is 87.1 cm³/mol. The van der Waals surface area contributed by atoms with Gasteiger partial charge >= 0.3 is 0 Å². The minimum absolute atomic E-state index is 0.303. The molecule has 0 amide bonds. The van der Waals surface area contributed by atoms with Crippen LogP contribution in [0.1, 0.15) is 5.56 Å². The van der Waals surface area contributed by atoms with Crippen molar-refractivity contribution in [2.45, 2.75) is 30.7 Å². The molecule has 0 spiro atoms. The number of thioether (sulfide) groups is 1. The molecule has 23 heavy (non-hydrogen) atoms. The van der Waals surface area contributed by atoms with E-state index in [1.54, 1.807) is 24.8 Å². The molecule has 1 fully saturated rings. The number of aliphatic hydroxyl groups is 3. The SMILES string of the molecule is Cc1cncc(-c2cncc(O[C@H]3SC[C@@H](O)[C@H](O)[C@H]3O)c2)c1. The molecule has 1 aliphatic heterocycles. The molecule has 122 valence electrons. The topological polar surface area (TPSA) is 95.7 Å². The minimum Gasteiger partial charge on any atom is -0.475 e. The van der Waals surface area contributed by atoms with Gasteiger partial charge in [-0.15, -0.1) is 11.8 Å². The summed E-state index contributed by atoms with van der Waals surface area (Å²) in [5.74, 6) is 0.793. The van der Waals surface area contributed by atoms with E-state index in [-0.39, 0.29) is 0 Å². The second-order valence-corrected chi connectivity index (χ2v) is 6.66. The summed E-state index contributed by atoms with van der Waals surface area (Å²) in [7, 11) is 0. The lowest BCUT2D eigenvalue weighted by molar-refractivity contribution is -0.0786. The molecule has 3 N–H and O–H groups in total. The fourth-order valence-electron chi connectivity index (χ4n) is 2.37. The van der Waals surface area contributed by atoms with Gasteiger partial charge in [-0.3, -0.25) is 9.97 Å². The largest absolute Gasteiger partial charge is 0.475 e. The number of rotatable bonds is 3. The van der Waals surface area contributed by atoms with Crippen LogP contribution in [-0.2, 0) is 0 Å². The molecule has 0 radical (unpaired) electrons. The van der Waals surface area contributed by atoms with E-state index in [2.05, 4.69) is 9.97 Å². The Kier molecular flexibility index (Phi) is 4.82. The summed E-state index contributed by atoms with van der Waals surface area (Å²) in [6.07, 6.45) is 3.48. The van der Waals surface area contributed by atoms with Crippen molar-refractivity contribution in [3.63, 3.8) is 0 Å². The Hall–Kier alpha value is -1.67. The Morgan fingerprint density at radius 2 is 1.70 bits per heavy atom. The van der Waals surface area contributed by atoms with Gasteiger partial charge in [-0.1, -0.05) is 0 Å².